The topological polar surface area (TPSA) is 0 Å². The van der Waals surface area contributed by atoms with E-state index < -0.39 is 0 Å². The minimum atomic E-state index is 0.629. The van der Waals surface area contributed by atoms with Crippen LogP contribution in [0.15, 0.2) is 67.3 Å². The molecule has 1 aliphatic carbocycles. The van der Waals surface area contributed by atoms with Crippen LogP contribution in [0.5, 0.6) is 0 Å². The van der Waals surface area contributed by atoms with E-state index in [0.717, 1.165) is 0 Å². The predicted molar refractivity (Wildman–Crippen MR) is 110 cm³/mol. The zero-order chi connectivity index (χ0) is 17.8. The Balaban J connectivity index is 0.000000307. The maximum Gasteiger partial charge on any atom is 0.00609 e. The molecule has 0 nitrogen and oxygen atoms in total. The highest BCUT2D eigenvalue weighted by Gasteiger charge is 2.27. The van der Waals surface area contributed by atoms with E-state index in [1.807, 2.05) is 18.2 Å². The van der Waals surface area contributed by atoms with Gasteiger partial charge in [0.2, 0.25) is 0 Å². The fraction of sp³-hybridized carbons (Fsp3) is 0.417. The van der Waals surface area contributed by atoms with E-state index in [2.05, 4.69) is 64.3 Å². The first kappa shape index (κ1) is 20.2. The Hall–Kier alpha value is -1.82. The van der Waals surface area contributed by atoms with Gasteiger partial charge in [0.25, 0.3) is 0 Å². The van der Waals surface area contributed by atoms with Crippen molar-refractivity contribution in [3.8, 4) is 0 Å². The standard InChI is InChI=1S/C16H20.C8H14/c1-4-9-14-12(5-2)15-10-7-8-11-16(15)13(14)6-3;1-3-5-7-8-6-4-2/h5,7-8,10-11,13H,2,4,6,9H2,1,3H3;3,5,7H,1,4,6,8H2,2H3/b;7-5-. The molecule has 1 unspecified atom stereocenters. The zero-order valence-electron chi connectivity index (χ0n) is 15.9. The summed E-state index contributed by atoms with van der Waals surface area (Å²) in [6, 6.07) is 8.79. The fourth-order valence-corrected chi connectivity index (χ4v) is 3.39. The third kappa shape index (κ3) is 5.37. The van der Waals surface area contributed by atoms with Crippen molar-refractivity contribution in [2.75, 3.05) is 0 Å². The van der Waals surface area contributed by atoms with Crippen LogP contribution in [0.1, 0.15) is 76.3 Å². The molecule has 1 aromatic rings. The highest BCUT2D eigenvalue weighted by molar-refractivity contribution is 5.84. The summed E-state index contributed by atoms with van der Waals surface area (Å²) >= 11 is 0. The van der Waals surface area contributed by atoms with Crippen molar-refractivity contribution in [3.05, 3.63) is 78.4 Å². The van der Waals surface area contributed by atoms with E-state index in [-0.39, 0.29) is 0 Å². The summed E-state index contributed by atoms with van der Waals surface area (Å²) < 4.78 is 0. The molecule has 0 amide bonds. The van der Waals surface area contributed by atoms with E-state index in [0.29, 0.717) is 5.92 Å². The Labute approximate surface area is 149 Å². The number of allylic oxidation sites excluding steroid dienone is 6. The molecular formula is C24H34. The molecule has 2 rings (SSSR count). The van der Waals surface area contributed by atoms with Crippen LogP contribution < -0.4 is 0 Å². The average molecular weight is 323 g/mol. The lowest BCUT2D eigenvalue weighted by Gasteiger charge is -2.13. The Kier molecular flexibility index (Phi) is 9.84. The van der Waals surface area contributed by atoms with Gasteiger partial charge in [-0.25, -0.2) is 0 Å². The van der Waals surface area contributed by atoms with Crippen LogP contribution in [0.3, 0.4) is 0 Å². The molecule has 0 saturated heterocycles. The molecule has 0 heterocycles. The number of hydrogen-bond donors (Lipinski definition) is 0. The molecule has 1 atom stereocenters. The summed E-state index contributed by atoms with van der Waals surface area (Å²) in [6.07, 6.45) is 15.4. The van der Waals surface area contributed by atoms with Crippen molar-refractivity contribution >= 4 is 5.57 Å². The van der Waals surface area contributed by atoms with Gasteiger partial charge in [-0.1, -0.05) is 107 Å². The summed E-state index contributed by atoms with van der Waals surface area (Å²) in [4.78, 5) is 0. The summed E-state index contributed by atoms with van der Waals surface area (Å²) in [7, 11) is 0. The first-order valence-corrected chi connectivity index (χ1v) is 9.47. The van der Waals surface area contributed by atoms with E-state index in [9.17, 15) is 0 Å². The molecule has 1 aliphatic rings. The quantitative estimate of drug-likeness (QED) is 0.337. The Morgan fingerprint density at radius 2 is 1.79 bits per heavy atom. The fourth-order valence-electron chi connectivity index (χ4n) is 3.39. The Bertz CT molecular complexity index is 571. The van der Waals surface area contributed by atoms with Crippen LogP contribution >= 0.6 is 0 Å². The number of unbranched alkanes of at least 4 members (excludes halogenated alkanes) is 2. The summed E-state index contributed by atoms with van der Waals surface area (Å²) in [5.41, 5.74) is 5.90. The van der Waals surface area contributed by atoms with Crippen LogP contribution in [-0.2, 0) is 0 Å². The van der Waals surface area contributed by atoms with Gasteiger partial charge in [0.15, 0.2) is 0 Å². The second-order valence-electron chi connectivity index (χ2n) is 6.25. The van der Waals surface area contributed by atoms with Crippen LogP contribution in [0.25, 0.3) is 5.57 Å². The molecule has 0 aliphatic heterocycles. The van der Waals surface area contributed by atoms with Gasteiger partial charge in [-0.2, -0.15) is 0 Å². The maximum atomic E-state index is 3.98. The van der Waals surface area contributed by atoms with Crippen molar-refractivity contribution in [2.45, 2.75) is 65.2 Å². The lowest BCUT2D eigenvalue weighted by Crippen LogP contribution is -1.97. The SMILES string of the molecule is C=C/C=C\CCCC.C=CC1=C(CCC)C(CC)c2ccccc21. The number of hydrogen-bond acceptors (Lipinski definition) is 0. The highest BCUT2D eigenvalue weighted by atomic mass is 14.3. The first-order chi connectivity index (χ1) is 11.7. The molecule has 0 radical (unpaired) electrons. The molecular weight excluding hydrogens is 288 g/mol. The minimum Gasteiger partial charge on any atom is -0.0991 e. The third-order valence-electron chi connectivity index (χ3n) is 4.52. The molecule has 0 spiro atoms. The van der Waals surface area contributed by atoms with Gasteiger partial charge in [0.05, 0.1) is 0 Å². The van der Waals surface area contributed by atoms with E-state index in [1.54, 1.807) is 5.57 Å². The lowest BCUT2D eigenvalue weighted by atomic mass is 9.91. The number of benzene rings is 1. The van der Waals surface area contributed by atoms with Gasteiger partial charge in [-0.3, -0.25) is 0 Å². The molecule has 0 fully saturated rings. The van der Waals surface area contributed by atoms with Crippen molar-refractivity contribution in [2.24, 2.45) is 0 Å². The van der Waals surface area contributed by atoms with Crippen LogP contribution in [0.4, 0.5) is 0 Å². The van der Waals surface area contributed by atoms with Crippen LogP contribution in [0, 0.1) is 0 Å². The molecule has 1 aromatic carbocycles. The van der Waals surface area contributed by atoms with Gasteiger partial charge in [0, 0.05) is 5.92 Å². The van der Waals surface area contributed by atoms with E-state index in [1.165, 1.54) is 55.2 Å². The summed E-state index contributed by atoms with van der Waals surface area (Å²) in [6.45, 7) is 14.3. The van der Waals surface area contributed by atoms with Crippen molar-refractivity contribution in [3.63, 3.8) is 0 Å². The average Bonchev–Trinajstić information content (AvgIpc) is 2.92. The zero-order valence-corrected chi connectivity index (χ0v) is 15.9. The van der Waals surface area contributed by atoms with E-state index in [4.69, 9.17) is 0 Å². The predicted octanol–water partition coefficient (Wildman–Crippen LogP) is 7.85. The van der Waals surface area contributed by atoms with Crippen LogP contribution in [-0.4, -0.2) is 0 Å². The second kappa shape index (κ2) is 11.7. The van der Waals surface area contributed by atoms with Crippen molar-refractivity contribution in [1.29, 1.82) is 0 Å². The largest absolute Gasteiger partial charge is 0.0991 e. The van der Waals surface area contributed by atoms with Gasteiger partial charge in [0.1, 0.15) is 0 Å². The normalized spacial score (nSPS) is 15.9. The van der Waals surface area contributed by atoms with Crippen LogP contribution in [0.2, 0.25) is 0 Å². The maximum absolute atomic E-state index is 3.98. The van der Waals surface area contributed by atoms with Gasteiger partial charge >= 0.3 is 0 Å². The van der Waals surface area contributed by atoms with Gasteiger partial charge < -0.3 is 0 Å². The monoisotopic (exact) mass is 322 g/mol. The molecule has 0 aromatic heterocycles. The molecule has 130 valence electrons. The lowest BCUT2D eigenvalue weighted by molar-refractivity contribution is 0.721. The number of rotatable bonds is 8. The Morgan fingerprint density at radius 1 is 1.04 bits per heavy atom. The highest BCUT2D eigenvalue weighted by Crippen LogP contribution is 2.45. The van der Waals surface area contributed by atoms with Crippen molar-refractivity contribution < 1.29 is 0 Å². The first-order valence-electron chi connectivity index (χ1n) is 9.47. The van der Waals surface area contributed by atoms with Gasteiger partial charge in [-0.05, 0) is 36.0 Å². The van der Waals surface area contributed by atoms with Gasteiger partial charge in [-0.15, -0.1) is 0 Å². The molecule has 0 heteroatoms. The molecule has 0 bridgehead atoms. The summed E-state index contributed by atoms with van der Waals surface area (Å²) in [5.74, 6) is 0.629. The minimum absolute atomic E-state index is 0.629. The second-order valence-corrected chi connectivity index (χ2v) is 6.25. The van der Waals surface area contributed by atoms with E-state index >= 15 is 0 Å². The van der Waals surface area contributed by atoms with Crippen molar-refractivity contribution in [1.82, 2.24) is 0 Å². The molecule has 24 heavy (non-hydrogen) atoms. The smallest absolute Gasteiger partial charge is 0.00609 e. The summed E-state index contributed by atoms with van der Waals surface area (Å²) in [5, 5.41) is 0. The third-order valence-corrected chi connectivity index (χ3v) is 4.52. The molecule has 0 saturated carbocycles. The number of fused-ring (bicyclic) bond motifs is 1. The molecule has 0 N–H and O–H groups in total. The Morgan fingerprint density at radius 3 is 2.38 bits per heavy atom.